The number of nitrogens with zero attached hydrogens (tertiary/aromatic N) is 3. The second-order valence-corrected chi connectivity index (χ2v) is 9.13. The molecule has 0 aliphatic carbocycles. The van der Waals surface area contributed by atoms with Gasteiger partial charge in [0.2, 0.25) is 11.8 Å². The normalized spacial score (nSPS) is 15.5. The van der Waals surface area contributed by atoms with Crippen LogP contribution in [0.3, 0.4) is 0 Å². The number of benzene rings is 2. The number of rotatable bonds is 11. The number of esters is 1. The third kappa shape index (κ3) is 7.62. The standard InChI is InChI=1S/C26H28N6O9/c1-41-22(35)13-20-26(38)30(14-21(33)34)10-11-31(20)25(37)19(12-15-2-8-18(9-3-15)32(39)40)29-24(36)17-6-4-16(5-7-17)23(27)28/h2-9,19-20H,10-14H2,1H3,(H3,27,28)(H,29,36)(H,33,34)/t19-,20-/m0/s1. The lowest BCUT2D eigenvalue weighted by atomic mass is 10.0. The third-order valence-electron chi connectivity index (χ3n) is 6.43. The molecule has 5 N–H and O–H groups in total. The van der Waals surface area contributed by atoms with E-state index in [1.165, 1.54) is 48.5 Å². The molecule has 1 aliphatic heterocycles. The SMILES string of the molecule is COC(=O)C[C@H]1C(=O)N(CC(=O)O)CCN1C(=O)[C@H](Cc1ccc([N+](=O)[O-])cc1)NC(=O)c1ccc(C(=N)N)cc1. The molecule has 3 rings (SSSR count). The number of carbonyl (C=O) groups is 5. The van der Waals surface area contributed by atoms with Crippen molar-refractivity contribution in [3.63, 3.8) is 0 Å². The van der Waals surface area contributed by atoms with Gasteiger partial charge in [-0.05, 0) is 17.7 Å². The maximum Gasteiger partial charge on any atom is 0.323 e. The number of ether oxygens (including phenoxy) is 1. The van der Waals surface area contributed by atoms with Crippen LogP contribution in [0.25, 0.3) is 0 Å². The zero-order valence-electron chi connectivity index (χ0n) is 21.9. The topological polar surface area (TPSA) is 226 Å². The van der Waals surface area contributed by atoms with Gasteiger partial charge < -0.3 is 30.7 Å². The molecule has 0 bridgehead atoms. The maximum absolute atomic E-state index is 13.9. The van der Waals surface area contributed by atoms with E-state index in [4.69, 9.17) is 16.2 Å². The predicted octanol–water partition coefficient (Wildman–Crippen LogP) is -0.0929. The van der Waals surface area contributed by atoms with Crippen molar-refractivity contribution in [3.05, 3.63) is 75.3 Å². The fourth-order valence-corrected chi connectivity index (χ4v) is 4.29. The quantitative estimate of drug-likeness (QED) is 0.0925. The molecule has 2 aromatic carbocycles. The number of carboxylic acids is 1. The van der Waals surface area contributed by atoms with Gasteiger partial charge in [-0.15, -0.1) is 0 Å². The summed E-state index contributed by atoms with van der Waals surface area (Å²) in [6.45, 7) is -0.879. The number of amidine groups is 1. The van der Waals surface area contributed by atoms with Crippen LogP contribution in [0, 0.1) is 15.5 Å². The van der Waals surface area contributed by atoms with Gasteiger partial charge in [-0.3, -0.25) is 39.5 Å². The molecular weight excluding hydrogens is 540 g/mol. The molecule has 41 heavy (non-hydrogen) atoms. The molecule has 1 saturated heterocycles. The first kappa shape index (κ1) is 30.2. The van der Waals surface area contributed by atoms with Crippen LogP contribution in [0.2, 0.25) is 0 Å². The van der Waals surface area contributed by atoms with Gasteiger partial charge in [-0.25, -0.2) is 0 Å². The Morgan fingerprint density at radius 1 is 1.12 bits per heavy atom. The molecule has 2 aromatic rings. The molecule has 1 aliphatic rings. The highest BCUT2D eigenvalue weighted by molar-refractivity contribution is 6.01. The largest absolute Gasteiger partial charge is 0.480 e. The number of carbonyl (C=O) groups excluding carboxylic acids is 4. The number of methoxy groups -OCH3 is 1. The minimum atomic E-state index is -1.38. The smallest absolute Gasteiger partial charge is 0.323 e. The number of nitrogens with two attached hydrogens (primary N) is 1. The highest BCUT2D eigenvalue weighted by Crippen LogP contribution is 2.20. The summed E-state index contributed by atoms with van der Waals surface area (Å²) < 4.78 is 4.67. The molecule has 0 unspecified atom stereocenters. The Morgan fingerprint density at radius 2 is 1.73 bits per heavy atom. The van der Waals surface area contributed by atoms with Crippen molar-refractivity contribution in [2.45, 2.75) is 24.9 Å². The second kappa shape index (κ2) is 13.1. The summed E-state index contributed by atoms with van der Waals surface area (Å²) in [5.41, 5.74) is 6.26. The zero-order valence-corrected chi connectivity index (χ0v) is 21.9. The summed E-state index contributed by atoms with van der Waals surface area (Å²) in [6.07, 6.45) is -0.662. The van der Waals surface area contributed by atoms with Gasteiger partial charge in [0.15, 0.2) is 0 Å². The van der Waals surface area contributed by atoms with Gasteiger partial charge in [0.25, 0.3) is 11.6 Å². The molecule has 15 nitrogen and oxygen atoms in total. The van der Waals surface area contributed by atoms with E-state index in [9.17, 15) is 34.1 Å². The van der Waals surface area contributed by atoms with E-state index < -0.39 is 59.6 Å². The van der Waals surface area contributed by atoms with Crippen molar-refractivity contribution in [2.75, 3.05) is 26.7 Å². The van der Waals surface area contributed by atoms with Crippen molar-refractivity contribution in [2.24, 2.45) is 5.73 Å². The zero-order chi connectivity index (χ0) is 30.3. The number of nitro benzene ring substituents is 1. The number of nitrogens with one attached hydrogen (secondary N) is 2. The van der Waals surface area contributed by atoms with Crippen molar-refractivity contribution in [3.8, 4) is 0 Å². The predicted molar refractivity (Wildman–Crippen MR) is 142 cm³/mol. The van der Waals surface area contributed by atoms with Crippen molar-refractivity contribution in [1.82, 2.24) is 15.1 Å². The summed E-state index contributed by atoms with van der Waals surface area (Å²) in [6, 6.07) is 8.41. The summed E-state index contributed by atoms with van der Waals surface area (Å²) in [5, 5.41) is 30.3. The Morgan fingerprint density at radius 3 is 2.27 bits per heavy atom. The third-order valence-corrected chi connectivity index (χ3v) is 6.43. The Bertz CT molecular complexity index is 1360. The lowest BCUT2D eigenvalue weighted by Gasteiger charge is -2.41. The average molecular weight is 569 g/mol. The number of non-ortho nitro benzene ring substituents is 1. The van der Waals surface area contributed by atoms with E-state index in [0.717, 1.165) is 16.9 Å². The van der Waals surface area contributed by atoms with Crippen LogP contribution in [0.5, 0.6) is 0 Å². The van der Waals surface area contributed by atoms with E-state index >= 15 is 0 Å². The number of piperazine rings is 1. The first-order chi connectivity index (χ1) is 19.4. The lowest BCUT2D eigenvalue weighted by molar-refractivity contribution is -0.384. The molecule has 2 atom stereocenters. The van der Waals surface area contributed by atoms with E-state index in [0.29, 0.717) is 11.1 Å². The van der Waals surface area contributed by atoms with E-state index in [-0.39, 0.29) is 36.6 Å². The average Bonchev–Trinajstić information content (AvgIpc) is 2.94. The van der Waals surface area contributed by atoms with E-state index in [2.05, 4.69) is 10.1 Å². The molecule has 0 spiro atoms. The molecule has 1 heterocycles. The molecule has 15 heteroatoms. The van der Waals surface area contributed by atoms with E-state index in [1.54, 1.807) is 0 Å². The van der Waals surface area contributed by atoms with Crippen LogP contribution in [-0.2, 0) is 30.3 Å². The minimum Gasteiger partial charge on any atom is -0.480 e. The van der Waals surface area contributed by atoms with Crippen LogP contribution >= 0.6 is 0 Å². The van der Waals surface area contributed by atoms with Crippen LogP contribution in [0.1, 0.15) is 27.9 Å². The van der Waals surface area contributed by atoms with Crippen LogP contribution in [0.15, 0.2) is 48.5 Å². The number of hydrogen-bond acceptors (Lipinski definition) is 9. The highest BCUT2D eigenvalue weighted by atomic mass is 16.6. The summed E-state index contributed by atoms with van der Waals surface area (Å²) in [4.78, 5) is 76.0. The molecule has 0 radical (unpaired) electrons. The first-order valence-corrected chi connectivity index (χ1v) is 12.3. The van der Waals surface area contributed by atoms with Crippen molar-refractivity contribution >= 4 is 41.2 Å². The summed E-state index contributed by atoms with van der Waals surface area (Å²) >= 11 is 0. The fourth-order valence-electron chi connectivity index (χ4n) is 4.29. The van der Waals surface area contributed by atoms with Gasteiger partial charge in [-0.2, -0.15) is 0 Å². The molecule has 1 fully saturated rings. The van der Waals surface area contributed by atoms with Crippen molar-refractivity contribution < 1.29 is 38.7 Å². The Labute approximate surface area is 233 Å². The summed E-state index contributed by atoms with van der Waals surface area (Å²) in [7, 11) is 1.10. The van der Waals surface area contributed by atoms with Gasteiger partial charge in [0.05, 0.1) is 18.5 Å². The lowest BCUT2D eigenvalue weighted by Crippen LogP contribution is -2.63. The van der Waals surface area contributed by atoms with Gasteiger partial charge in [0, 0.05) is 42.8 Å². The molecule has 3 amide bonds. The van der Waals surface area contributed by atoms with Crippen LogP contribution in [0.4, 0.5) is 5.69 Å². The molecular formula is C26H28N6O9. The first-order valence-electron chi connectivity index (χ1n) is 12.3. The number of nitrogen functional groups attached to an aromatic ring is 1. The van der Waals surface area contributed by atoms with Crippen molar-refractivity contribution in [1.29, 1.82) is 5.41 Å². The molecule has 216 valence electrons. The van der Waals surface area contributed by atoms with Gasteiger partial charge in [-0.1, -0.05) is 24.3 Å². The minimum absolute atomic E-state index is 0.122. The number of aliphatic carboxylic acids is 1. The number of carboxylic acid groups (broad SMARTS) is 1. The second-order valence-electron chi connectivity index (χ2n) is 9.13. The van der Waals surface area contributed by atoms with E-state index in [1.807, 2.05) is 0 Å². The Balaban J connectivity index is 1.93. The Kier molecular flexibility index (Phi) is 9.68. The number of nitro groups is 1. The number of hydrogen-bond donors (Lipinski definition) is 4. The van der Waals surface area contributed by atoms with Crippen LogP contribution < -0.4 is 11.1 Å². The monoisotopic (exact) mass is 568 g/mol. The molecule has 0 aromatic heterocycles. The Hall–Kier alpha value is -5.34. The highest BCUT2D eigenvalue weighted by Gasteiger charge is 2.42. The maximum atomic E-state index is 13.9. The van der Waals surface area contributed by atoms with Gasteiger partial charge in [0.1, 0.15) is 24.5 Å². The number of amides is 3. The summed E-state index contributed by atoms with van der Waals surface area (Å²) in [5.74, 6) is -4.44. The van der Waals surface area contributed by atoms with Crippen LogP contribution in [-0.4, -0.2) is 94.2 Å². The molecule has 0 saturated carbocycles. The fraction of sp³-hybridized carbons (Fsp3) is 0.308. The van der Waals surface area contributed by atoms with Gasteiger partial charge >= 0.3 is 11.9 Å².